The van der Waals surface area contributed by atoms with Crippen molar-refractivity contribution in [2.75, 3.05) is 5.32 Å². The smallest absolute Gasteiger partial charge is 0.0726 e. The Bertz CT molecular complexity index is 865. The average molecular weight is 288 g/mol. The van der Waals surface area contributed by atoms with Gasteiger partial charge in [-0.15, -0.1) is 0 Å². The van der Waals surface area contributed by atoms with Gasteiger partial charge in [0.2, 0.25) is 0 Å². The standard InChI is InChI=1S/C20H20N2/c1-13-5-3-6-15(11-13)21-20-16-7-4-8-18(16)22-19-10-9-14(2)12-17(19)20/h3,5-6,9-12H,4,7-8H2,1-2H3,(H,21,22). The van der Waals surface area contributed by atoms with E-state index in [0.29, 0.717) is 0 Å². The first-order valence-electron chi connectivity index (χ1n) is 7.96. The highest BCUT2D eigenvalue weighted by Crippen LogP contribution is 2.36. The molecule has 0 saturated carbocycles. The maximum absolute atomic E-state index is 4.88. The summed E-state index contributed by atoms with van der Waals surface area (Å²) in [4.78, 5) is 4.88. The Hall–Kier alpha value is -2.35. The van der Waals surface area contributed by atoms with Crippen LogP contribution in [0, 0.1) is 13.8 Å². The fourth-order valence-corrected chi connectivity index (χ4v) is 3.39. The fraction of sp³-hybridized carbons (Fsp3) is 0.250. The van der Waals surface area contributed by atoms with Crippen molar-refractivity contribution >= 4 is 22.3 Å². The summed E-state index contributed by atoms with van der Waals surface area (Å²) in [6.07, 6.45) is 3.43. The second-order valence-corrected chi connectivity index (χ2v) is 6.28. The number of aromatic nitrogens is 1. The first-order chi connectivity index (χ1) is 10.7. The Morgan fingerprint density at radius 3 is 2.68 bits per heavy atom. The Morgan fingerprint density at radius 1 is 0.955 bits per heavy atom. The van der Waals surface area contributed by atoms with Crippen LogP contribution in [-0.2, 0) is 12.8 Å². The number of anilines is 2. The maximum Gasteiger partial charge on any atom is 0.0726 e. The molecule has 2 heteroatoms. The summed E-state index contributed by atoms with van der Waals surface area (Å²) in [5.74, 6) is 0. The van der Waals surface area contributed by atoms with Crippen molar-refractivity contribution in [2.45, 2.75) is 33.1 Å². The SMILES string of the molecule is Cc1cccc(Nc2c3c(nc4ccc(C)cc24)CCC3)c1. The van der Waals surface area contributed by atoms with Crippen LogP contribution in [0.25, 0.3) is 10.9 Å². The van der Waals surface area contributed by atoms with E-state index in [4.69, 9.17) is 4.98 Å². The van der Waals surface area contributed by atoms with E-state index in [-0.39, 0.29) is 0 Å². The molecule has 1 N–H and O–H groups in total. The lowest BCUT2D eigenvalue weighted by Crippen LogP contribution is -2.00. The van der Waals surface area contributed by atoms with Crippen LogP contribution in [0.4, 0.5) is 11.4 Å². The van der Waals surface area contributed by atoms with Crippen molar-refractivity contribution in [2.24, 2.45) is 0 Å². The van der Waals surface area contributed by atoms with E-state index in [1.807, 2.05) is 0 Å². The topological polar surface area (TPSA) is 24.9 Å². The van der Waals surface area contributed by atoms with Gasteiger partial charge < -0.3 is 5.32 Å². The van der Waals surface area contributed by atoms with Gasteiger partial charge in [-0.1, -0.05) is 23.8 Å². The normalized spacial score (nSPS) is 13.4. The minimum absolute atomic E-state index is 1.10. The monoisotopic (exact) mass is 288 g/mol. The first kappa shape index (κ1) is 13.3. The van der Waals surface area contributed by atoms with Crippen LogP contribution in [0.2, 0.25) is 0 Å². The van der Waals surface area contributed by atoms with Gasteiger partial charge in [0.15, 0.2) is 0 Å². The largest absolute Gasteiger partial charge is 0.355 e. The molecule has 0 aliphatic heterocycles. The van der Waals surface area contributed by atoms with Crippen LogP contribution in [0.1, 0.15) is 28.8 Å². The van der Waals surface area contributed by atoms with E-state index >= 15 is 0 Å². The van der Waals surface area contributed by atoms with Gasteiger partial charge in [0.05, 0.1) is 11.2 Å². The molecule has 0 fully saturated rings. The van der Waals surface area contributed by atoms with Crippen LogP contribution < -0.4 is 5.32 Å². The molecular formula is C20H20N2. The number of fused-ring (bicyclic) bond motifs is 2. The lowest BCUT2D eigenvalue weighted by molar-refractivity contribution is 0.901. The molecule has 0 spiro atoms. The van der Waals surface area contributed by atoms with E-state index in [0.717, 1.165) is 24.0 Å². The minimum atomic E-state index is 1.10. The van der Waals surface area contributed by atoms with Gasteiger partial charge in [-0.25, -0.2) is 0 Å². The Labute approximate surface area is 131 Å². The summed E-state index contributed by atoms with van der Waals surface area (Å²) >= 11 is 0. The zero-order chi connectivity index (χ0) is 15.1. The summed E-state index contributed by atoms with van der Waals surface area (Å²) in [6, 6.07) is 15.1. The van der Waals surface area contributed by atoms with E-state index in [2.05, 4.69) is 61.6 Å². The molecular weight excluding hydrogens is 268 g/mol. The number of nitrogens with one attached hydrogen (secondary N) is 1. The number of pyridine rings is 1. The van der Waals surface area contributed by atoms with Crippen molar-refractivity contribution in [3.8, 4) is 0 Å². The highest BCUT2D eigenvalue weighted by molar-refractivity contribution is 5.96. The average Bonchev–Trinajstić information content (AvgIpc) is 2.96. The number of hydrogen-bond donors (Lipinski definition) is 1. The van der Waals surface area contributed by atoms with Crippen LogP contribution in [-0.4, -0.2) is 4.98 Å². The lowest BCUT2D eigenvalue weighted by atomic mass is 10.0. The van der Waals surface area contributed by atoms with Gasteiger partial charge in [-0.05, 0) is 68.5 Å². The quantitative estimate of drug-likeness (QED) is 0.711. The Kier molecular flexibility index (Phi) is 3.11. The molecule has 0 bridgehead atoms. The number of aryl methyl sites for hydroxylation is 3. The summed E-state index contributed by atoms with van der Waals surface area (Å²) in [5, 5.41) is 4.91. The minimum Gasteiger partial charge on any atom is -0.355 e. The van der Waals surface area contributed by atoms with E-state index in [1.54, 1.807) is 0 Å². The van der Waals surface area contributed by atoms with E-state index in [9.17, 15) is 0 Å². The first-order valence-corrected chi connectivity index (χ1v) is 7.96. The molecule has 2 nitrogen and oxygen atoms in total. The van der Waals surface area contributed by atoms with Crippen molar-refractivity contribution in [1.82, 2.24) is 4.98 Å². The highest BCUT2D eigenvalue weighted by atomic mass is 14.9. The summed E-state index contributed by atoms with van der Waals surface area (Å²) in [7, 11) is 0. The summed E-state index contributed by atoms with van der Waals surface area (Å²) in [6.45, 7) is 4.27. The molecule has 110 valence electrons. The Balaban J connectivity index is 1.92. The number of hydrogen-bond acceptors (Lipinski definition) is 2. The van der Waals surface area contributed by atoms with E-state index in [1.165, 1.54) is 39.9 Å². The summed E-state index contributed by atoms with van der Waals surface area (Å²) < 4.78 is 0. The third-order valence-corrected chi connectivity index (χ3v) is 4.45. The van der Waals surface area contributed by atoms with Gasteiger partial charge in [-0.2, -0.15) is 0 Å². The molecule has 0 saturated heterocycles. The number of nitrogens with zero attached hydrogens (tertiary/aromatic N) is 1. The molecule has 22 heavy (non-hydrogen) atoms. The molecule has 1 aromatic heterocycles. The number of benzene rings is 2. The molecule has 4 rings (SSSR count). The molecule has 2 aromatic carbocycles. The lowest BCUT2D eigenvalue weighted by Gasteiger charge is -2.15. The fourth-order valence-electron chi connectivity index (χ4n) is 3.39. The van der Waals surface area contributed by atoms with Gasteiger partial charge in [0.1, 0.15) is 0 Å². The molecule has 3 aromatic rings. The van der Waals surface area contributed by atoms with Crippen LogP contribution >= 0.6 is 0 Å². The molecule has 0 amide bonds. The highest BCUT2D eigenvalue weighted by Gasteiger charge is 2.19. The Morgan fingerprint density at radius 2 is 1.82 bits per heavy atom. The van der Waals surface area contributed by atoms with Gasteiger partial charge >= 0.3 is 0 Å². The molecule has 1 heterocycles. The molecule has 0 unspecified atom stereocenters. The van der Waals surface area contributed by atoms with Crippen LogP contribution in [0.5, 0.6) is 0 Å². The molecule has 1 aliphatic carbocycles. The zero-order valence-electron chi connectivity index (χ0n) is 13.1. The number of rotatable bonds is 2. The van der Waals surface area contributed by atoms with Crippen molar-refractivity contribution in [3.05, 3.63) is 64.8 Å². The maximum atomic E-state index is 4.88. The predicted octanol–water partition coefficient (Wildman–Crippen LogP) is 5.08. The molecule has 0 radical (unpaired) electrons. The zero-order valence-corrected chi connectivity index (χ0v) is 13.1. The summed E-state index contributed by atoms with van der Waals surface area (Å²) in [5.41, 5.74) is 8.73. The third-order valence-electron chi connectivity index (χ3n) is 4.45. The second kappa shape index (κ2) is 5.13. The van der Waals surface area contributed by atoms with Crippen LogP contribution in [0.15, 0.2) is 42.5 Å². The van der Waals surface area contributed by atoms with Crippen LogP contribution in [0.3, 0.4) is 0 Å². The van der Waals surface area contributed by atoms with Gasteiger partial charge in [-0.3, -0.25) is 4.98 Å². The molecule has 1 aliphatic rings. The van der Waals surface area contributed by atoms with Crippen molar-refractivity contribution < 1.29 is 0 Å². The predicted molar refractivity (Wildman–Crippen MR) is 93.0 cm³/mol. The van der Waals surface area contributed by atoms with Gasteiger partial charge in [0, 0.05) is 16.8 Å². The molecule has 0 atom stereocenters. The second-order valence-electron chi connectivity index (χ2n) is 6.28. The van der Waals surface area contributed by atoms with Gasteiger partial charge in [0.25, 0.3) is 0 Å². The third kappa shape index (κ3) is 2.25. The van der Waals surface area contributed by atoms with Crippen molar-refractivity contribution in [3.63, 3.8) is 0 Å². The van der Waals surface area contributed by atoms with E-state index < -0.39 is 0 Å². The van der Waals surface area contributed by atoms with Crippen molar-refractivity contribution in [1.29, 1.82) is 0 Å².